The molecule has 0 atom stereocenters. The molecule has 0 saturated carbocycles. The first-order valence-electron chi connectivity index (χ1n) is 10.3. The minimum absolute atomic E-state index is 0.0145. The summed E-state index contributed by atoms with van der Waals surface area (Å²) in [4.78, 5) is 25.1. The molecule has 33 heavy (non-hydrogen) atoms. The number of fused-ring (bicyclic) bond motifs is 1. The van der Waals surface area contributed by atoms with Gasteiger partial charge in [-0.05, 0) is 50.4 Å². The van der Waals surface area contributed by atoms with Crippen molar-refractivity contribution in [1.82, 2.24) is 20.4 Å². The SMILES string of the molecule is CN/C=C\C(N)=NC(=O)c1cc(OCc2nc(-c3ccccn3)no2)c2c(c1)OC(C)(C)C2. The molecule has 0 fully saturated rings. The second kappa shape index (κ2) is 9.11. The normalized spacial score (nSPS) is 14.7. The van der Waals surface area contributed by atoms with Crippen LogP contribution >= 0.6 is 0 Å². The number of pyridine rings is 1. The van der Waals surface area contributed by atoms with Gasteiger partial charge in [-0.1, -0.05) is 11.2 Å². The van der Waals surface area contributed by atoms with Crippen molar-refractivity contribution < 1.29 is 18.8 Å². The predicted molar refractivity (Wildman–Crippen MR) is 121 cm³/mol. The smallest absolute Gasteiger partial charge is 0.279 e. The lowest BCUT2D eigenvalue weighted by molar-refractivity contribution is 0.100. The summed E-state index contributed by atoms with van der Waals surface area (Å²) in [6.07, 6.45) is 5.35. The van der Waals surface area contributed by atoms with Crippen LogP contribution in [0.2, 0.25) is 0 Å². The van der Waals surface area contributed by atoms with E-state index in [-0.39, 0.29) is 18.3 Å². The van der Waals surface area contributed by atoms with E-state index in [1.165, 1.54) is 6.08 Å². The van der Waals surface area contributed by atoms with Crippen molar-refractivity contribution in [3.05, 3.63) is 65.8 Å². The Bertz CT molecular complexity index is 1220. The molecule has 3 aromatic rings. The zero-order valence-corrected chi connectivity index (χ0v) is 18.5. The number of hydrogen-bond donors (Lipinski definition) is 2. The highest BCUT2D eigenvalue weighted by atomic mass is 16.5. The summed E-state index contributed by atoms with van der Waals surface area (Å²) >= 11 is 0. The molecule has 0 unspecified atom stereocenters. The van der Waals surface area contributed by atoms with Gasteiger partial charge in [-0.3, -0.25) is 9.78 Å². The number of aliphatic imine (C=N–C) groups is 1. The minimum Gasteiger partial charge on any atom is -0.487 e. The molecule has 1 aromatic carbocycles. The van der Waals surface area contributed by atoms with Gasteiger partial charge in [0, 0.05) is 30.8 Å². The van der Waals surface area contributed by atoms with Gasteiger partial charge < -0.3 is 25.0 Å². The second-order valence-electron chi connectivity index (χ2n) is 7.97. The Morgan fingerprint density at radius 3 is 2.97 bits per heavy atom. The van der Waals surface area contributed by atoms with Gasteiger partial charge in [0.2, 0.25) is 5.82 Å². The standard InChI is InChI=1S/C23H24N6O4/c1-23(2)12-15-17(31-13-20-28-21(29-33-20)16-6-4-5-8-26-16)10-14(11-18(15)32-23)22(30)27-19(24)7-9-25-3/h4-11,25H,12-13H2,1-3H3,(H2,24,27,30)/b9-7-. The minimum atomic E-state index is -0.510. The maximum atomic E-state index is 12.7. The molecule has 1 aliphatic heterocycles. The summed E-state index contributed by atoms with van der Waals surface area (Å²) in [5.74, 6) is 1.26. The van der Waals surface area contributed by atoms with Crippen molar-refractivity contribution in [3.8, 4) is 23.0 Å². The summed E-state index contributed by atoms with van der Waals surface area (Å²) in [6.45, 7) is 3.95. The maximum Gasteiger partial charge on any atom is 0.279 e. The summed E-state index contributed by atoms with van der Waals surface area (Å²) in [5.41, 5.74) is 7.09. The number of amidine groups is 1. The molecule has 0 aliphatic carbocycles. The number of ether oxygens (including phenoxy) is 2. The molecule has 1 amide bonds. The number of nitrogens with zero attached hydrogens (tertiary/aromatic N) is 4. The van der Waals surface area contributed by atoms with E-state index in [1.807, 2.05) is 19.9 Å². The highest BCUT2D eigenvalue weighted by molar-refractivity contribution is 6.06. The highest BCUT2D eigenvalue weighted by Gasteiger charge is 2.34. The molecule has 2 aromatic heterocycles. The molecular weight excluding hydrogens is 424 g/mol. The van der Waals surface area contributed by atoms with E-state index in [1.54, 1.807) is 43.7 Å². The molecule has 10 nitrogen and oxygen atoms in total. The summed E-state index contributed by atoms with van der Waals surface area (Å²) in [6, 6.07) is 8.71. The summed E-state index contributed by atoms with van der Waals surface area (Å²) < 4.78 is 17.3. The Kier molecular flexibility index (Phi) is 6.07. The molecule has 10 heteroatoms. The Morgan fingerprint density at radius 2 is 2.21 bits per heavy atom. The second-order valence-corrected chi connectivity index (χ2v) is 7.97. The number of carbonyl (C=O) groups excluding carboxylic acids is 1. The lowest BCUT2D eigenvalue weighted by Crippen LogP contribution is -2.24. The van der Waals surface area contributed by atoms with Gasteiger partial charge in [0.05, 0.1) is 0 Å². The van der Waals surface area contributed by atoms with E-state index in [0.29, 0.717) is 35.0 Å². The van der Waals surface area contributed by atoms with Crippen LogP contribution in [0.15, 0.2) is 58.3 Å². The van der Waals surface area contributed by atoms with Crippen LogP contribution in [0.1, 0.15) is 35.7 Å². The number of aromatic nitrogens is 3. The Morgan fingerprint density at radius 1 is 1.36 bits per heavy atom. The third kappa shape index (κ3) is 5.17. The molecule has 4 rings (SSSR count). The van der Waals surface area contributed by atoms with Crippen molar-refractivity contribution in [1.29, 1.82) is 0 Å². The monoisotopic (exact) mass is 448 g/mol. The van der Waals surface area contributed by atoms with Crippen molar-refractivity contribution in [2.45, 2.75) is 32.5 Å². The van der Waals surface area contributed by atoms with Gasteiger partial charge in [-0.2, -0.15) is 9.98 Å². The van der Waals surface area contributed by atoms with E-state index in [9.17, 15) is 4.79 Å². The fourth-order valence-electron chi connectivity index (χ4n) is 3.34. The van der Waals surface area contributed by atoms with Gasteiger partial charge >= 0.3 is 0 Å². The molecule has 0 saturated heterocycles. The van der Waals surface area contributed by atoms with Crippen molar-refractivity contribution in [2.24, 2.45) is 10.7 Å². The quantitative estimate of drug-likeness (QED) is 0.412. The van der Waals surface area contributed by atoms with Crippen LogP contribution in [0.3, 0.4) is 0 Å². The van der Waals surface area contributed by atoms with Gasteiger partial charge in [0.25, 0.3) is 11.8 Å². The third-order valence-electron chi connectivity index (χ3n) is 4.77. The van der Waals surface area contributed by atoms with Crippen molar-refractivity contribution >= 4 is 11.7 Å². The summed E-state index contributed by atoms with van der Waals surface area (Å²) in [7, 11) is 1.72. The first kappa shape index (κ1) is 22.0. The topological polar surface area (TPSA) is 138 Å². The number of nitrogens with two attached hydrogens (primary N) is 1. The van der Waals surface area contributed by atoms with E-state index >= 15 is 0 Å². The molecule has 0 radical (unpaired) electrons. The molecule has 0 bridgehead atoms. The Labute approximate surface area is 190 Å². The molecule has 170 valence electrons. The zero-order chi connectivity index (χ0) is 23.4. The first-order chi connectivity index (χ1) is 15.8. The number of amides is 1. The average molecular weight is 448 g/mol. The van der Waals surface area contributed by atoms with Gasteiger partial charge in [-0.25, -0.2) is 0 Å². The lowest BCUT2D eigenvalue weighted by Gasteiger charge is -2.16. The fourth-order valence-corrected chi connectivity index (χ4v) is 3.34. The van der Waals surface area contributed by atoms with Gasteiger partial charge in [0.15, 0.2) is 6.61 Å². The van der Waals surface area contributed by atoms with Gasteiger partial charge in [0.1, 0.15) is 28.6 Å². The maximum absolute atomic E-state index is 12.7. The lowest BCUT2D eigenvalue weighted by atomic mass is 9.99. The average Bonchev–Trinajstić information content (AvgIpc) is 3.39. The Hall–Kier alpha value is -4.21. The van der Waals surface area contributed by atoms with Crippen LogP contribution in [0.5, 0.6) is 11.5 Å². The molecule has 3 heterocycles. The number of rotatable bonds is 7. The van der Waals surface area contributed by atoms with E-state index < -0.39 is 11.5 Å². The zero-order valence-electron chi connectivity index (χ0n) is 18.5. The summed E-state index contributed by atoms with van der Waals surface area (Å²) in [5, 5.41) is 6.74. The van der Waals surface area contributed by atoms with Crippen molar-refractivity contribution in [2.75, 3.05) is 7.05 Å². The van der Waals surface area contributed by atoms with Gasteiger partial charge in [-0.15, -0.1) is 0 Å². The third-order valence-corrected chi connectivity index (χ3v) is 4.77. The molecular formula is C23H24N6O4. The number of nitrogens with one attached hydrogen (secondary N) is 1. The van der Waals surface area contributed by atoms with E-state index in [4.69, 9.17) is 19.7 Å². The number of carbonyl (C=O) groups is 1. The van der Waals surface area contributed by atoms with E-state index in [2.05, 4.69) is 25.4 Å². The number of hydrogen-bond acceptors (Lipinski definition) is 8. The van der Waals surface area contributed by atoms with E-state index in [0.717, 1.165) is 5.56 Å². The van der Waals surface area contributed by atoms with Crippen LogP contribution in [-0.2, 0) is 13.0 Å². The van der Waals surface area contributed by atoms with Crippen molar-refractivity contribution in [3.63, 3.8) is 0 Å². The van der Waals surface area contributed by atoms with Crippen LogP contribution in [0, 0.1) is 0 Å². The highest BCUT2D eigenvalue weighted by Crippen LogP contribution is 2.42. The molecule has 1 aliphatic rings. The van der Waals surface area contributed by atoms with Crippen LogP contribution in [-0.4, -0.2) is 39.5 Å². The molecule has 0 spiro atoms. The molecule has 3 N–H and O–H groups in total. The largest absolute Gasteiger partial charge is 0.487 e. The van der Waals surface area contributed by atoms with Crippen LogP contribution in [0.4, 0.5) is 0 Å². The Balaban J connectivity index is 1.58. The fraction of sp³-hybridized carbons (Fsp3) is 0.261. The number of benzene rings is 1. The predicted octanol–water partition coefficient (Wildman–Crippen LogP) is 2.65. The van der Waals surface area contributed by atoms with Crippen LogP contribution in [0.25, 0.3) is 11.5 Å². The van der Waals surface area contributed by atoms with Crippen LogP contribution < -0.4 is 20.5 Å². The first-order valence-corrected chi connectivity index (χ1v) is 10.3.